The molecule has 134 valence electrons. The Morgan fingerprint density at radius 2 is 1.79 bits per heavy atom. The van der Waals surface area contributed by atoms with Crippen LogP contribution < -0.4 is 16.4 Å². The Morgan fingerprint density at radius 1 is 1.17 bits per heavy atom. The monoisotopic (exact) mass is 354 g/mol. The molecule has 1 aromatic rings. The number of nitrogens with zero attached hydrogens (tertiary/aromatic N) is 1. The van der Waals surface area contributed by atoms with Gasteiger partial charge in [0.2, 0.25) is 5.91 Å². The van der Waals surface area contributed by atoms with Gasteiger partial charge in [0.05, 0.1) is 6.04 Å². The molecular weight excluding hydrogens is 328 g/mol. The van der Waals surface area contributed by atoms with Gasteiger partial charge in [0, 0.05) is 31.1 Å². The Morgan fingerprint density at radius 3 is 2.38 bits per heavy atom. The standard InChI is InChI=1S/C17H26N4O2.ClH/c1-11(2)19-17(23)20-16(22)12(3)21-9-14(15(18)10-21)13-7-5-4-6-8-13;/h4-8,11-12,14-15H,9-10,18H2,1-3H3,(H2,19,20,22,23);1H/t12?,14-,15+;/m0./s1. The summed E-state index contributed by atoms with van der Waals surface area (Å²) in [5, 5.41) is 5.03. The second-order valence-corrected chi connectivity index (χ2v) is 6.43. The van der Waals surface area contributed by atoms with Crippen molar-refractivity contribution >= 4 is 24.3 Å². The SMILES string of the molecule is CC(C)NC(=O)NC(=O)C(C)N1C[C@@H](N)[C@H](c2ccccc2)C1.Cl. The van der Waals surface area contributed by atoms with Crippen molar-refractivity contribution in [2.45, 2.75) is 44.8 Å². The fourth-order valence-corrected chi connectivity index (χ4v) is 2.91. The molecule has 0 aromatic heterocycles. The first-order chi connectivity index (χ1) is 10.9. The van der Waals surface area contributed by atoms with Crippen LogP contribution in [0.2, 0.25) is 0 Å². The zero-order valence-electron chi connectivity index (χ0n) is 14.4. The van der Waals surface area contributed by atoms with Gasteiger partial charge in [0.1, 0.15) is 0 Å². The molecule has 0 aliphatic carbocycles. The molecule has 0 spiro atoms. The molecular formula is C17H27ClN4O2. The fourth-order valence-electron chi connectivity index (χ4n) is 2.91. The third-order valence-electron chi connectivity index (χ3n) is 4.20. The van der Waals surface area contributed by atoms with Gasteiger partial charge in [-0.3, -0.25) is 15.0 Å². The van der Waals surface area contributed by atoms with E-state index in [0.29, 0.717) is 13.1 Å². The van der Waals surface area contributed by atoms with Gasteiger partial charge < -0.3 is 11.1 Å². The second-order valence-electron chi connectivity index (χ2n) is 6.43. The number of hydrogen-bond donors (Lipinski definition) is 3. The van der Waals surface area contributed by atoms with Crippen molar-refractivity contribution in [3.05, 3.63) is 35.9 Å². The number of halogens is 1. The van der Waals surface area contributed by atoms with E-state index in [4.69, 9.17) is 5.73 Å². The van der Waals surface area contributed by atoms with Crippen molar-refractivity contribution in [3.8, 4) is 0 Å². The summed E-state index contributed by atoms with van der Waals surface area (Å²) in [6.07, 6.45) is 0. The van der Waals surface area contributed by atoms with Gasteiger partial charge in [-0.05, 0) is 26.3 Å². The Bertz CT molecular complexity index is 553. The fraction of sp³-hybridized carbons (Fsp3) is 0.529. The lowest BCUT2D eigenvalue weighted by Crippen LogP contribution is -2.50. The van der Waals surface area contributed by atoms with E-state index < -0.39 is 12.1 Å². The molecule has 1 fully saturated rings. The van der Waals surface area contributed by atoms with Crippen LogP contribution in [0.1, 0.15) is 32.3 Å². The molecule has 3 amide bonds. The number of imide groups is 1. The van der Waals surface area contributed by atoms with Crippen LogP contribution >= 0.6 is 12.4 Å². The lowest BCUT2D eigenvalue weighted by molar-refractivity contribution is -0.124. The molecule has 1 aliphatic heterocycles. The smallest absolute Gasteiger partial charge is 0.321 e. The third kappa shape index (κ3) is 5.19. The molecule has 1 heterocycles. The van der Waals surface area contributed by atoms with Gasteiger partial charge in [0.15, 0.2) is 0 Å². The van der Waals surface area contributed by atoms with Crippen LogP contribution in [-0.4, -0.2) is 48.1 Å². The lowest BCUT2D eigenvalue weighted by Gasteiger charge is -2.23. The molecule has 0 radical (unpaired) electrons. The van der Waals surface area contributed by atoms with E-state index in [9.17, 15) is 9.59 Å². The average molecular weight is 355 g/mol. The van der Waals surface area contributed by atoms with Crippen LogP contribution in [0.5, 0.6) is 0 Å². The highest BCUT2D eigenvalue weighted by molar-refractivity contribution is 5.96. The summed E-state index contributed by atoms with van der Waals surface area (Å²) in [6, 6.07) is 9.22. The molecule has 4 N–H and O–H groups in total. The first-order valence-electron chi connectivity index (χ1n) is 8.04. The zero-order chi connectivity index (χ0) is 17.0. The summed E-state index contributed by atoms with van der Waals surface area (Å²) < 4.78 is 0. The van der Waals surface area contributed by atoms with E-state index in [0.717, 1.165) is 0 Å². The zero-order valence-corrected chi connectivity index (χ0v) is 15.2. The highest BCUT2D eigenvalue weighted by Gasteiger charge is 2.36. The Balaban J connectivity index is 0.00000288. The summed E-state index contributed by atoms with van der Waals surface area (Å²) in [5.74, 6) is -0.0972. The van der Waals surface area contributed by atoms with Gasteiger partial charge in [0.25, 0.3) is 0 Å². The maximum absolute atomic E-state index is 12.2. The molecule has 3 atom stereocenters. The summed E-state index contributed by atoms with van der Waals surface area (Å²) in [5.41, 5.74) is 7.44. The minimum Gasteiger partial charge on any atom is -0.336 e. The summed E-state index contributed by atoms with van der Waals surface area (Å²) in [6.45, 7) is 6.85. The largest absolute Gasteiger partial charge is 0.336 e. The van der Waals surface area contributed by atoms with Crippen LogP contribution in [0, 0.1) is 0 Å². The van der Waals surface area contributed by atoms with Crippen molar-refractivity contribution in [1.82, 2.24) is 15.5 Å². The van der Waals surface area contributed by atoms with Gasteiger partial charge in [-0.15, -0.1) is 12.4 Å². The van der Waals surface area contributed by atoms with E-state index in [1.807, 2.05) is 36.9 Å². The summed E-state index contributed by atoms with van der Waals surface area (Å²) in [7, 11) is 0. The average Bonchev–Trinajstić information content (AvgIpc) is 2.88. The lowest BCUT2D eigenvalue weighted by atomic mass is 9.95. The topological polar surface area (TPSA) is 87.5 Å². The minimum atomic E-state index is -0.458. The molecule has 0 saturated carbocycles. The molecule has 1 aliphatic rings. The number of amides is 3. The molecule has 1 saturated heterocycles. The molecule has 24 heavy (non-hydrogen) atoms. The number of nitrogens with one attached hydrogen (secondary N) is 2. The number of carbonyl (C=O) groups excluding carboxylic acids is 2. The quantitative estimate of drug-likeness (QED) is 0.763. The van der Waals surface area contributed by atoms with Crippen LogP contribution in [0.4, 0.5) is 4.79 Å². The molecule has 1 aromatic carbocycles. The van der Waals surface area contributed by atoms with Gasteiger partial charge in [-0.25, -0.2) is 4.79 Å². The number of nitrogens with two attached hydrogens (primary N) is 1. The number of benzene rings is 1. The Labute approximate surface area is 149 Å². The Kier molecular flexibility index (Phi) is 7.66. The van der Waals surface area contributed by atoms with E-state index in [1.165, 1.54) is 5.56 Å². The van der Waals surface area contributed by atoms with Crippen LogP contribution in [-0.2, 0) is 4.79 Å². The van der Waals surface area contributed by atoms with E-state index in [1.54, 1.807) is 6.92 Å². The number of carbonyl (C=O) groups is 2. The van der Waals surface area contributed by atoms with E-state index >= 15 is 0 Å². The molecule has 2 rings (SSSR count). The van der Waals surface area contributed by atoms with E-state index in [-0.39, 0.29) is 36.3 Å². The van der Waals surface area contributed by atoms with Crippen LogP contribution in [0.15, 0.2) is 30.3 Å². The maximum atomic E-state index is 12.2. The van der Waals surface area contributed by atoms with Crippen molar-refractivity contribution in [3.63, 3.8) is 0 Å². The normalized spacial score (nSPS) is 21.9. The summed E-state index contributed by atoms with van der Waals surface area (Å²) in [4.78, 5) is 25.9. The molecule has 0 bridgehead atoms. The number of likely N-dealkylation sites (tertiary alicyclic amines) is 1. The molecule has 6 nitrogen and oxygen atoms in total. The highest BCUT2D eigenvalue weighted by Crippen LogP contribution is 2.27. The summed E-state index contributed by atoms with van der Waals surface area (Å²) >= 11 is 0. The Hall–Kier alpha value is -1.63. The van der Waals surface area contributed by atoms with Gasteiger partial charge in [-0.1, -0.05) is 30.3 Å². The minimum absolute atomic E-state index is 0. The first-order valence-corrected chi connectivity index (χ1v) is 8.04. The van der Waals surface area contributed by atoms with Crippen LogP contribution in [0.3, 0.4) is 0 Å². The van der Waals surface area contributed by atoms with Crippen molar-refractivity contribution < 1.29 is 9.59 Å². The third-order valence-corrected chi connectivity index (χ3v) is 4.20. The van der Waals surface area contributed by atoms with Crippen molar-refractivity contribution in [1.29, 1.82) is 0 Å². The number of rotatable bonds is 4. The van der Waals surface area contributed by atoms with Crippen molar-refractivity contribution in [2.24, 2.45) is 5.73 Å². The molecule has 7 heteroatoms. The van der Waals surface area contributed by atoms with Gasteiger partial charge >= 0.3 is 6.03 Å². The van der Waals surface area contributed by atoms with Gasteiger partial charge in [-0.2, -0.15) is 0 Å². The van der Waals surface area contributed by atoms with Crippen molar-refractivity contribution in [2.75, 3.05) is 13.1 Å². The van der Waals surface area contributed by atoms with Crippen LogP contribution in [0.25, 0.3) is 0 Å². The predicted octanol–water partition coefficient (Wildman–Crippen LogP) is 1.46. The predicted molar refractivity (Wildman–Crippen MR) is 97.3 cm³/mol. The number of hydrogen-bond acceptors (Lipinski definition) is 4. The van der Waals surface area contributed by atoms with E-state index in [2.05, 4.69) is 22.8 Å². The molecule has 1 unspecified atom stereocenters. The highest BCUT2D eigenvalue weighted by atomic mass is 35.5. The first kappa shape index (κ1) is 20.4. The number of urea groups is 1. The second kappa shape index (κ2) is 9.01. The maximum Gasteiger partial charge on any atom is 0.321 e.